The van der Waals surface area contributed by atoms with Crippen LogP contribution >= 0.6 is 0 Å². The van der Waals surface area contributed by atoms with E-state index in [9.17, 15) is 14.0 Å². The van der Waals surface area contributed by atoms with Crippen LogP contribution in [0.2, 0.25) is 0 Å². The Kier molecular flexibility index (Phi) is 7.45. The first-order valence-electron chi connectivity index (χ1n) is 11.7. The van der Waals surface area contributed by atoms with E-state index in [-0.39, 0.29) is 23.7 Å². The van der Waals surface area contributed by atoms with Crippen LogP contribution in [-0.4, -0.2) is 47.9 Å². The molecule has 0 radical (unpaired) electrons. The minimum absolute atomic E-state index is 0.0416. The lowest BCUT2D eigenvalue weighted by atomic mass is 9.85. The Morgan fingerprint density at radius 3 is 2.39 bits per heavy atom. The van der Waals surface area contributed by atoms with Crippen molar-refractivity contribution in [2.24, 2.45) is 5.41 Å². The summed E-state index contributed by atoms with van der Waals surface area (Å²) in [7, 11) is 1.77. The van der Waals surface area contributed by atoms with Gasteiger partial charge in [0.2, 0.25) is 5.91 Å². The van der Waals surface area contributed by atoms with Gasteiger partial charge in [-0.1, -0.05) is 45.9 Å². The maximum absolute atomic E-state index is 13.7. The number of hydrogen-bond donors (Lipinski definition) is 0. The first kappa shape index (κ1) is 24.7. The number of likely N-dealkylation sites (N-methyl/N-ethyl adjacent to an activating group) is 1. The zero-order valence-electron chi connectivity index (χ0n) is 20.5. The highest BCUT2D eigenvalue weighted by Gasteiger charge is 2.37. The summed E-state index contributed by atoms with van der Waals surface area (Å²) in [5, 5.41) is 0. The average molecular weight is 455 g/mol. The Balaban J connectivity index is 2.03. The summed E-state index contributed by atoms with van der Waals surface area (Å²) in [5.74, 6) is 0.262. The van der Waals surface area contributed by atoms with Crippen molar-refractivity contribution in [1.29, 1.82) is 0 Å². The van der Waals surface area contributed by atoms with E-state index in [1.54, 1.807) is 24.1 Å². The molecule has 2 atom stereocenters. The second kappa shape index (κ2) is 9.94. The molecule has 0 saturated carbocycles. The number of carbonyl (C=O) groups is 2. The minimum atomic E-state index is -0.576. The van der Waals surface area contributed by atoms with E-state index < -0.39 is 11.5 Å². The van der Waals surface area contributed by atoms with Crippen LogP contribution in [0.25, 0.3) is 0 Å². The Labute approximate surface area is 196 Å². The van der Waals surface area contributed by atoms with Gasteiger partial charge in [-0.25, -0.2) is 4.39 Å². The molecule has 33 heavy (non-hydrogen) atoms. The minimum Gasteiger partial charge on any atom is -0.481 e. The second-order valence-corrected chi connectivity index (χ2v) is 9.68. The molecule has 0 saturated heterocycles. The number of rotatable bonds is 6. The van der Waals surface area contributed by atoms with Gasteiger partial charge in [-0.3, -0.25) is 9.59 Å². The quantitative estimate of drug-likeness (QED) is 0.618. The molecule has 0 unspecified atom stereocenters. The van der Waals surface area contributed by atoms with E-state index in [0.717, 1.165) is 23.1 Å². The summed E-state index contributed by atoms with van der Waals surface area (Å²) in [5.41, 5.74) is 2.38. The van der Waals surface area contributed by atoms with Gasteiger partial charge in [-0.2, -0.15) is 0 Å². The van der Waals surface area contributed by atoms with E-state index in [0.29, 0.717) is 25.3 Å². The van der Waals surface area contributed by atoms with Gasteiger partial charge >= 0.3 is 0 Å². The predicted octanol–water partition coefficient (Wildman–Crippen LogP) is 4.98. The zero-order valence-corrected chi connectivity index (χ0v) is 20.5. The number of benzene rings is 2. The summed E-state index contributed by atoms with van der Waals surface area (Å²) >= 11 is 0. The van der Waals surface area contributed by atoms with Crippen molar-refractivity contribution in [2.75, 3.05) is 20.1 Å². The van der Waals surface area contributed by atoms with Crippen molar-refractivity contribution < 1.29 is 18.7 Å². The van der Waals surface area contributed by atoms with Gasteiger partial charge in [0, 0.05) is 25.6 Å². The summed E-state index contributed by atoms with van der Waals surface area (Å²) < 4.78 is 19.8. The topological polar surface area (TPSA) is 49.9 Å². The molecule has 0 spiro atoms. The van der Waals surface area contributed by atoms with Crippen LogP contribution in [0.3, 0.4) is 0 Å². The van der Waals surface area contributed by atoms with Gasteiger partial charge in [-0.15, -0.1) is 0 Å². The molecule has 2 aromatic carbocycles. The highest BCUT2D eigenvalue weighted by molar-refractivity contribution is 5.83. The second-order valence-electron chi connectivity index (χ2n) is 9.68. The molecular weight excluding hydrogens is 419 g/mol. The van der Waals surface area contributed by atoms with E-state index in [4.69, 9.17) is 4.74 Å². The molecule has 6 heteroatoms. The third kappa shape index (κ3) is 5.37. The van der Waals surface area contributed by atoms with E-state index in [2.05, 4.69) is 0 Å². The molecule has 0 aliphatic carbocycles. The molecular formula is C27H35FN2O3. The molecule has 0 aromatic heterocycles. The van der Waals surface area contributed by atoms with Gasteiger partial charge in [0.15, 0.2) is 6.10 Å². The van der Waals surface area contributed by atoms with E-state index in [1.165, 1.54) is 12.1 Å². The Hall–Kier alpha value is -2.89. The van der Waals surface area contributed by atoms with Crippen LogP contribution < -0.4 is 4.74 Å². The molecule has 0 fully saturated rings. The lowest BCUT2D eigenvalue weighted by Crippen LogP contribution is -2.45. The van der Waals surface area contributed by atoms with Crippen LogP contribution in [0.4, 0.5) is 4.39 Å². The highest BCUT2D eigenvalue weighted by Crippen LogP contribution is 2.39. The predicted molar refractivity (Wildman–Crippen MR) is 128 cm³/mol. The van der Waals surface area contributed by atoms with Gasteiger partial charge < -0.3 is 14.5 Å². The molecule has 0 N–H and O–H groups in total. The van der Waals surface area contributed by atoms with Crippen molar-refractivity contribution in [3.05, 3.63) is 65.0 Å². The monoisotopic (exact) mass is 454 g/mol. The normalized spacial score (nSPS) is 16.7. The molecule has 1 aliphatic heterocycles. The molecule has 2 aromatic rings. The van der Waals surface area contributed by atoms with E-state index in [1.807, 2.05) is 57.7 Å². The van der Waals surface area contributed by atoms with Crippen LogP contribution in [0, 0.1) is 11.2 Å². The number of nitrogens with zero attached hydrogens (tertiary/aromatic N) is 2. The number of fused-ring (bicyclic) bond motifs is 1. The van der Waals surface area contributed by atoms with Gasteiger partial charge in [0.1, 0.15) is 11.6 Å². The molecule has 3 rings (SSSR count). The van der Waals surface area contributed by atoms with Gasteiger partial charge in [-0.05, 0) is 60.7 Å². The van der Waals surface area contributed by atoms with Crippen LogP contribution in [0.5, 0.6) is 5.75 Å². The Bertz CT molecular complexity index is 997. The van der Waals surface area contributed by atoms with Crippen molar-refractivity contribution in [3.8, 4) is 5.75 Å². The fraction of sp³-hybridized carbons (Fsp3) is 0.481. The number of carbonyl (C=O) groups excluding carboxylic acids is 2. The van der Waals surface area contributed by atoms with Crippen molar-refractivity contribution in [3.63, 3.8) is 0 Å². The van der Waals surface area contributed by atoms with E-state index >= 15 is 0 Å². The maximum Gasteiger partial charge on any atom is 0.263 e. The number of ether oxygens (including phenoxy) is 1. The Morgan fingerprint density at radius 2 is 1.82 bits per heavy atom. The third-order valence-electron chi connectivity index (χ3n) is 6.21. The highest BCUT2D eigenvalue weighted by atomic mass is 19.1. The standard InChI is InChI=1S/C27H35FN2O3/c1-7-23(25(31)29(6)8-2)33-21-14-11-18-15-16-30(26(32)27(3,4)5)24(22(18)17-21)19-9-12-20(28)13-10-19/h9-14,17,23-24H,7-8,15-16H2,1-6H3/t23-,24+/m0/s1. The number of halogens is 1. The Morgan fingerprint density at radius 1 is 1.15 bits per heavy atom. The largest absolute Gasteiger partial charge is 0.481 e. The number of amides is 2. The summed E-state index contributed by atoms with van der Waals surface area (Å²) in [4.78, 5) is 29.6. The molecule has 178 valence electrons. The van der Waals surface area contributed by atoms with Crippen LogP contribution in [0.1, 0.15) is 63.8 Å². The van der Waals surface area contributed by atoms with Crippen LogP contribution in [-0.2, 0) is 16.0 Å². The van der Waals surface area contributed by atoms with Crippen molar-refractivity contribution >= 4 is 11.8 Å². The first-order valence-corrected chi connectivity index (χ1v) is 11.7. The van der Waals surface area contributed by atoms with Gasteiger partial charge in [0.25, 0.3) is 5.91 Å². The molecule has 1 aliphatic rings. The van der Waals surface area contributed by atoms with Gasteiger partial charge in [0.05, 0.1) is 6.04 Å². The number of hydrogen-bond acceptors (Lipinski definition) is 3. The first-order chi connectivity index (χ1) is 15.6. The lowest BCUT2D eigenvalue weighted by molar-refractivity contribution is -0.141. The van der Waals surface area contributed by atoms with Crippen molar-refractivity contribution in [1.82, 2.24) is 9.80 Å². The molecule has 1 heterocycles. The molecule has 5 nitrogen and oxygen atoms in total. The smallest absolute Gasteiger partial charge is 0.263 e. The maximum atomic E-state index is 13.7. The summed E-state index contributed by atoms with van der Waals surface area (Å²) in [6, 6.07) is 11.8. The van der Waals surface area contributed by atoms with Crippen LogP contribution in [0.15, 0.2) is 42.5 Å². The molecule has 2 amide bonds. The summed E-state index contributed by atoms with van der Waals surface area (Å²) in [6.45, 7) is 10.8. The fourth-order valence-electron chi connectivity index (χ4n) is 4.19. The SMILES string of the molecule is CC[C@H](Oc1ccc2c(c1)[C@@H](c1ccc(F)cc1)N(C(=O)C(C)(C)C)CC2)C(=O)N(C)CC. The lowest BCUT2D eigenvalue weighted by Gasteiger charge is -2.41. The average Bonchev–Trinajstić information content (AvgIpc) is 2.80. The third-order valence-corrected chi connectivity index (χ3v) is 6.21. The fourth-order valence-corrected chi connectivity index (χ4v) is 4.19. The molecule has 0 bridgehead atoms. The summed E-state index contributed by atoms with van der Waals surface area (Å²) in [6.07, 6.45) is 0.702. The zero-order chi connectivity index (χ0) is 24.3. The van der Waals surface area contributed by atoms with Crippen molar-refractivity contribution in [2.45, 2.75) is 59.6 Å².